The Morgan fingerprint density at radius 2 is 1.64 bits per heavy atom. The van der Waals surface area contributed by atoms with Crippen LogP contribution in [0.4, 0.5) is 5.69 Å². The van der Waals surface area contributed by atoms with Crippen molar-refractivity contribution in [2.45, 2.75) is 18.9 Å². The Morgan fingerprint density at radius 3 is 2.23 bits per heavy atom. The molecule has 2 aliphatic heterocycles. The third kappa shape index (κ3) is 4.07. The van der Waals surface area contributed by atoms with Crippen LogP contribution in [0.1, 0.15) is 12.8 Å². The maximum atomic E-state index is 10.8. The number of anilines is 1. The number of para-hydroxylation sites is 1. The maximum Gasteiger partial charge on any atom is 0.0614 e. The number of benzene rings is 1. The first-order valence-electron chi connectivity index (χ1n) is 8.04. The van der Waals surface area contributed by atoms with Crippen LogP contribution in [0.3, 0.4) is 0 Å². The lowest BCUT2D eigenvalue weighted by Crippen LogP contribution is -2.53. The van der Waals surface area contributed by atoms with E-state index in [4.69, 9.17) is 0 Å². The monoisotopic (exact) mass is 322 g/mol. The SMILES string of the molecule is O=S([O-])CN1CCN(C2CCN(c3ccccc3)CC2)CC1. The number of nitrogens with zero attached hydrogens (tertiary/aromatic N) is 3. The molecule has 1 aromatic carbocycles. The Labute approximate surface area is 135 Å². The summed E-state index contributed by atoms with van der Waals surface area (Å²) in [5.41, 5.74) is 1.32. The summed E-state index contributed by atoms with van der Waals surface area (Å²) in [5, 5.41) is 0. The zero-order valence-electron chi connectivity index (χ0n) is 12.9. The molecule has 122 valence electrons. The van der Waals surface area contributed by atoms with Crippen molar-refractivity contribution in [3.05, 3.63) is 30.3 Å². The van der Waals surface area contributed by atoms with Crippen LogP contribution in [-0.2, 0) is 11.1 Å². The minimum atomic E-state index is -1.95. The first-order chi connectivity index (χ1) is 10.7. The highest BCUT2D eigenvalue weighted by Crippen LogP contribution is 2.23. The molecule has 0 saturated carbocycles. The second-order valence-corrected chi connectivity index (χ2v) is 7.01. The first kappa shape index (κ1) is 15.9. The van der Waals surface area contributed by atoms with Gasteiger partial charge in [-0.15, -0.1) is 0 Å². The molecule has 6 heteroatoms. The molecule has 0 aliphatic carbocycles. The fourth-order valence-corrected chi connectivity index (χ4v) is 4.09. The lowest BCUT2D eigenvalue weighted by molar-refractivity contribution is 0.0939. The molecule has 1 atom stereocenters. The second kappa shape index (κ2) is 7.55. The van der Waals surface area contributed by atoms with Crippen LogP contribution in [0, 0.1) is 0 Å². The van der Waals surface area contributed by atoms with E-state index in [-0.39, 0.29) is 5.88 Å². The topological polar surface area (TPSA) is 49.9 Å². The van der Waals surface area contributed by atoms with E-state index in [0.29, 0.717) is 6.04 Å². The quantitative estimate of drug-likeness (QED) is 0.777. The molecular formula is C16H24N3O2S-. The van der Waals surface area contributed by atoms with Gasteiger partial charge in [-0.05, 0) is 36.1 Å². The van der Waals surface area contributed by atoms with Gasteiger partial charge >= 0.3 is 0 Å². The van der Waals surface area contributed by atoms with Crippen molar-refractivity contribution in [1.29, 1.82) is 0 Å². The van der Waals surface area contributed by atoms with E-state index in [9.17, 15) is 8.76 Å². The number of rotatable bonds is 4. The van der Waals surface area contributed by atoms with Gasteiger partial charge in [0.15, 0.2) is 0 Å². The zero-order valence-corrected chi connectivity index (χ0v) is 13.7. The molecule has 2 heterocycles. The largest absolute Gasteiger partial charge is 0.771 e. The van der Waals surface area contributed by atoms with Gasteiger partial charge in [0.25, 0.3) is 0 Å². The third-order valence-electron chi connectivity index (χ3n) is 4.80. The Balaban J connectivity index is 1.45. The van der Waals surface area contributed by atoms with E-state index >= 15 is 0 Å². The van der Waals surface area contributed by atoms with Crippen molar-refractivity contribution >= 4 is 16.8 Å². The Kier molecular flexibility index (Phi) is 5.46. The van der Waals surface area contributed by atoms with Gasteiger partial charge in [0.05, 0.1) is 5.88 Å². The standard InChI is InChI=1S/C16H25N3O2S/c20-22(21)14-17-10-12-19(13-11-17)16-6-8-18(9-7-16)15-4-2-1-3-5-15/h1-5,16H,6-14H2,(H,20,21)/p-1. The minimum absolute atomic E-state index is 0.181. The molecule has 5 nitrogen and oxygen atoms in total. The van der Waals surface area contributed by atoms with E-state index in [1.165, 1.54) is 18.5 Å². The summed E-state index contributed by atoms with van der Waals surface area (Å²) < 4.78 is 21.5. The van der Waals surface area contributed by atoms with Crippen LogP contribution in [0.15, 0.2) is 30.3 Å². The number of hydrogen-bond acceptors (Lipinski definition) is 5. The van der Waals surface area contributed by atoms with Gasteiger partial charge in [-0.25, -0.2) is 0 Å². The number of piperazine rings is 1. The number of hydrogen-bond donors (Lipinski definition) is 0. The summed E-state index contributed by atoms with van der Waals surface area (Å²) in [6.45, 7) is 5.94. The summed E-state index contributed by atoms with van der Waals surface area (Å²) in [4.78, 5) is 7.04. The van der Waals surface area contributed by atoms with Gasteiger partial charge in [0.2, 0.25) is 0 Å². The molecule has 0 radical (unpaired) electrons. The van der Waals surface area contributed by atoms with Crippen molar-refractivity contribution < 1.29 is 8.76 Å². The van der Waals surface area contributed by atoms with Gasteiger partial charge in [-0.1, -0.05) is 18.2 Å². The highest BCUT2D eigenvalue weighted by atomic mass is 32.2. The fourth-order valence-electron chi connectivity index (χ4n) is 3.53. The third-order valence-corrected chi connectivity index (χ3v) is 5.37. The summed E-state index contributed by atoms with van der Waals surface area (Å²) in [6, 6.07) is 11.3. The predicted molar refractivity (Wildman–Crippen MR) is 88.6 cm³/mol. The van der Waals surface area contributed by atoms with Gasteiger partial charge in [0.1, 0.15) is 0 Å². The fraction of sp³-hybridized carbons (Fsp3) is 0.625. The normalized spacial score (nSPS) is 23.6. The molecule has 0 amide bonds. The molecule has 1 unspecified atom stereocenters. The molecule has 2 fully saturated rings. The van der Waals surface area contributed by atoms with E-state index in [2.05, 4.69) is 40.1 Å². The zero-order chi connectivity index (χ0) is 15.4. The van der Waals surface area contributed by atoms with Crippen molar-refractivity contribution in [2.75, 3.05) is 50.0 Å². The Bertz CT molecular complexity index is 483. The highest BCUT2D eigenvalue weighted by Gasteiger charge is 2.27. The van der Waals surface area contributed by atoms with Gasteiger partial charge in [-0.3, -0.25) is 14.0 Å². The second-order valence-electron chi connectivity index (χ2n) is 6.14. The average molecular weight is 322 g/mol. The molecule has 2 aliphatic rings. The summed E-state index contributed by atoms with van der Waals surface area (Å²) in [6.07, 6.45) is 2.39. The molecule has 0 aromatic heterocycles. The molecule has 0 spiro atoms. The summed E-state index contributed by atoms with van der Waals surface area (Å²) >= 11 is -1.95. The smallest absolute Gasteiger partial charge is 0.0614 e. The van der Waals surface area contributed by atoms with Gasteiger partial charge < -0.3 is 9.45 Å². The number of piperidine rings is 1. The maximum absolute atomic E-state index is 10.8. The van der Waals surface area contributed by atoms with Crippen molar-refractivity contribution in [3.8, 4) is 0 Å². The van der Waals surface area contributed by atoms with E-state index in [1.54, 1.807) is 0 Å². The van der Waals surface area contributed by atoms with E-state index < -0.39 is 11.1 Å². The lowest BCUT2D eigenvalue weighted by atomic mass is 10.0. The Morgan fingerprint density at radius 1 is 1.00 bits per heavy atom. The molecule has 22 heavy (non-hydrogen) atoms. The minimum Gasteiger partial charge on any atom is -0.771 e. The van der Waals surface area contributed by atoms with E-state index in [1.807, 2.05) is 4.90 Å². The molecule has 3 rings (SSSR count). The highest BCUT2D eigenvalue weighted by molar-refractivity contribution is 7.79. The molecule has 1 aromatic rings. The lowest BCUT2D eigenvalue weighted by Gasteiger charge is -2.43. The van der Waals surface area contributed by atoms with Crippen LogP contribution in [0.25, 0.3) is 0 Å². The van der Waals surface area contributed by atoms with Crippen molar-refractivity contribution in [3.63, 3.8) is 0 Å². The van der Waals surface area contributed by atoms with Crippen LogP contribution in [0.2, 0.25) is 0 Å². The van der Waals surface area contributed by atoms with Gasteiger partial charge in [0, 0.05) is 51.0 Å². The van der Waals surface area contributed by atoms with Crippen molar-refractivity contribution in [1.82, 2.24) is 9.80 Å². The molecule has 0 bridgehead atoms. The van der Waals surface area contributed by atoms with Crippen LogP contribution < -0.4 is 4.90 Å². The Hall–Kier alpha value is -0.950. The molecule has 2 saturated heterocycles. The van der Waals surface area contributed by atoms with Crippen molar-refractivity contribution in [2.24, 2.45) is 0 Å². The predicted octanol–water partition coefficient (Wildman–Crippen LogP) is 1.11. The summed E-state index contributed by atoms with van der Waals surface area (Å²) in [7, 11) is 0. The molecule has 0 N–H and O–H groups in total. The van der Waals surface area contributed by atoms with Crippen LogP contribution in [0.5, 0.6) is 0 Å². The first-order valence-corrected chi connectivity index (χ1v) is 9.29. The van der Waals surface area contributed by atoms with Crippen LogP contribution in [-0.4, -0.2) is 69.7 Å². The van der Waals surface area contributed by atoms with Crippen LogP contribution >= 0.6 is 0 Å². The van der Waals surface area contributed by atoms with Gasteiger partial charge in [-0.2, -0.15) is 0 Å². The van der Waals surface area contributed by atoms with E-state index in [0.717, 1.165) is 39.3 Å². The average Bonchev–Trinajstić information content (AvgIpc) is 2.56. The summed E-state index contributed by atoms with van der Waals surface area (Å²) in [5.74, 6) is 0.181. The molecular weight excluding hydrogens is 298 g/mol.